The molecule has 1 atom stereocenters. The first-order chi connectivity index (χ1) is 17.2. The number of benzene rings is 3. The highest BCUT2D eigenvalue weighted by Crippen LogP contribution is 2.38. The van der Waals surface area contributed by atoms with E-state index in [0.29, 0.717) is 32.3 Å². The maximum Gasteiger partial charge on any atom is 0.419 e. The summed E-state index contributed by atoms with van der Waals surface area (Å²) in [6, 6.07) is 20.5. The molecular formula is C26H17ClF3N3O2S. The summed E-state index contributed by atoms with van der Waals surface area (Å²) in [6.45, 7) is 0. The van der Waals surface area contributed by atoms with Gasteiger partial charge in [0, 0.05) is 10.4 Å². The van der Waals surface area contributed by atoms with E-state index in [9.17, 15) is 18.0 Å². The first-order valence-electron chi connectivity index (χ1n) is 10.7. The predicted octanol–water partition coefficient (Wildman–Crippen LogP) is 7.37. The van der Waals surface area contributed by atoms with Crippen LogP contribution in [0.5, 0.6) is 11.5 Å². The molecule has 5 aromatic rings. The highest BCUT2D eigenvalue weighted by atomic mass is 35.5. The zero-order valence-corrected chi connectivity index (χ0v) is 19.9. The molecule has 36 heavy (non-hydrogen) atoms. The molecule has 3 aromatic carbocycles. The van der Waals surface area contributed by atoms with E-state index in [1.807, 2.05) is 6.07 Å². The van der Waals surface area contributed by atoms with E-state index in [1.54, 1.807) is 48.5 Å². The summed E-state index contributed by atoms with van der Waals surface area (Å²) in [5.74, 6) is -0.595. The number of imidazole rings is 1. The Morgan fingerprint density at radius 1 is 1.03 bits per heavy atom. The highest BCUT2D eigenvalue weighted by Gasteiger charge is 2.34. The van der Waals surface area contributed by atoms with Gasteiger partial charge in [-0.3, -0.25) is 4.79 Å². The number of amides is 1. The van der Waals surface area contributed by atoms with E-state index >= 15 is 0 Å². The molecule has 0 aliphatic rings. The third-order valence-electron chi connectivity index (χ3n) is 5.55. The molecule has 1 unspecified atom stereocenters. The molecule has 0 radical (unpaired) electrons. The maximum absolute atomic E-state index is 13.2. The summed E-state index contributed by atoms with van der Waals surface area (Å²) in [4.78, 5) is 20.8. The number of ether oxygens (including phenoxy) is 1. The van der Waals surface area contributed by atoms with Gasteiger partial charge in [0.2, 0.25) is 5.91 Å². The van der Waals surface area contributed by atoms with Crippen molar-refractivity contribution >= 4 is 39.9 Å². The Morgan fingerprint density at radius 2 is 1.78 bits per heavy atom. The lowest BCUT2D eigenvalue weighted by molar-refractivity contribution is -0.138. The number of thiophene rings is 1. The second-order valence-corrected chi connectivity index (χ2v) is 9.71. The number of hydrogen-bond donors (Lipinski definition) is 2. The summed E-state index contributed by atoms with van der Waals surface area (Å²) in [7, 11) is 0. The number of H-pyrrole nitrogens is 1. The van der Waals surface area contributed by atoms with Gasteiger partial charge >= 0.3 is 6.18 Å². The predicted molar refractivity (Wildman–Crippen MR) is 133 cm³/mol. The van der Waals surface area contributed by atoms with Crippen LogP contribution in [0.25, 0.3) is 22.4 Å². The van der Waals surface area contributed by atoms with Crippen LogP contribution < -0.4 is 10.5 Å². The van der Waals surface area contributed by atoms with E-state index in [0.717, 1.165) is 10.9 Å². The van der Waals surface area contributed by atoms with Gasteiger partial charge in [-0.05, 0) is 66.2 Å². The van der Waals surface area contributed by atoms with Gasteiger partial charge in [-0.15, -0.1) is 11.3 Å². The molecule has 0 bridgehead atoms. The lowest BCUT2D eigenvalue weighted by Crippen LogP contribution is -2.21. The Balaban J connectivity index is 1.41. The van der Waals surface area contributed by atoms with E-state index in [2.05, 4.69) is 9.97 Å². The fraction of sp³-hybridized carbons (Fsp3) is 0.0769. The summed E-state index contributed by atoms with van der Waals surface area (Å²) in [6.07, 6.45) is -4.52. The minimum Gasteiger partial charge on any atom is -0.457 e. The van der Waals surface area contributed by atoms with Crippen LogP contribution in [0.2, 0.25) is 4.34 Å². The number of nitrogens with two attached hydrogens (primary N) is 1. The summed E-state index contributed by atoms with van der Waals surface area (Å²) in [5.41, 5.74) is 7.63. The molecule has 0 aliphatic heterocycles. The largest absolute Gasteiger partial charge is 0.457 e. The molecule has 1 amide bonds. The Morgan fingerprint density at radius 3 is 2.44 bits per heavy atom. The standard InChI is InChI=1S/C26H17ClF3N3O2S/c27-22-12-11-21(36-22)23(24(31)34)15-7-10-18-19(13-15)33-25(32-18)14-5-8-16(9-6-14)35-20-4-2-1-3-17(20)26(28,29)30/h1-13,23H,(H2,31,34)(H,32,33). The lowest BCUT2D eigenvalue weighted by Gasteiger charge is -2.13. The number of hydrogen-bond acceptors (Lipinski definition) is 4. The topological polar surface area (TPSA) is 81.0 Å². The molecule has 2 heterocycles. The highest BCUT2D eigenvalue weighted by molar-refractivity contribution is 7.16. The van der Waals surface area contributed by atoms with Crippen molar-refractivity contribution in [1.29, 1.82) is 0 Å². The van der Waals surface area contributed by atoms with Gasteiger partial charge in [-0.1, -0.05) is 29.8 Å². The van der Waals surface area contributed by atoms with Gasteiger partial charge in [0.1, 0.15) is 17.3 Å². The van der Waals surface area contributed by atoms with Crippen LogP contribution in [-0.4, -0.2) is 15.9 Å². The summed E-state index contributed by atoms with van der Waals surface area (Å²) in [5, 5.41) is 0. The second kappa shape index (κ2) is 9.33. The van der Waals surface area contributed by atoms with E-state index in [4.69, 9.17) is 22.1 Å². The number of carbonyl (C=O) groups excluding carboxylic acids is 1. The average Bonchev–Trinajstić information content (AvgIpc) is 3.45. The number of rotatable bonds is 6. The molecule has 2 aromatic heterocycles. The number of primary amides is 1. The van der Waals surface area contributed by atoms with Gasteiger partial charge in [-0.2, -0.15) is 13.2 Å². The van der Waals surface area contributed by atoms with Crippen molar-refractivity contribution in [2.75, 3.05) is 0 Å². The molecular weight excluding hydrogens is 511 g/mol. The quantitative estimate of drug-likeness (QED) is 0.242. The molecule has 3 N–H and O–H groups in total. The number of para-hydroxylation sites is 1. The Kier molecular flexibility index (Phi) is 6.19. The fourth-order valence-electron chi connectivity index (χ4n) is 3.89. The Bertz CT molecular complexity index is 1560. The summed E-state index contributed by atoms with van der Waals surface area (Å²) >= 11 is 7.33. The number of halogens is 4. The molecule has 5 nitrogen and oxygen atoms in total. The van der Waals surface area contributed by atoms with Crippen molar-refractivity contribution in [2.24, 2.45) is 5.73 Å². The zero-order chi connectivity index (χ0) is 25.4. The minimum absolute atomic E-state index is 0.257. The van der Waals surface area contributed by atoms with E-state index in [-0.39, 0.29) is 11.5 Å². The van der Waals surface area contributed by atoms with Gasteiger partial charge in [-0.25, -0.2) is 4.98 Å². The van der Waals surface area contributed by atoms with Crippen molar-refractivity contribution in [3.8, 4) is 22.9 Å². The maximum atomic E-state index is 13.2. The van der Waals surface area contributed by atoms with Crippen molar-refractivity contribution in [1.82, 2.24) is 9.97 Å². The van der Waals surface area contributed by atoms with E-state index in [1.165, 1.54) is 29.5 Å². The molecule has 0 aliphatic carbocycles. The van der Waals surface area contributed by atoms with E-state index < -0.39 is 23.6 Å². The molecule has 182 valence electrons. The van der Waals surface area contributed by atoms with Crippen molar-refractivity contribution < 1.29 is 22.7 Å². The monoisotopic (exact) mass is 527 g/mol. The van der Waals surface area contributed by atoms with Crippen LogP contribution >= 0.6 is 22.9 Å². The molecule has 5 rings (SSSR count). The molecule has 0 spiro atoms. The van der Waals surface area contributed by atoms with Gasteiger partial charge < -0.3 is 15.5 Å². The zero-order valence-electron chi connectivity index (χ0n) is 18.3. The number of fused-ring (bicyclic) bond motifs is 1. The van der Waals surface area contributed by atoms with Crippen LogP contribution in [-0.2, 0) is 11.0 Å². The first kappa shape index (κ1) is 23.9. The van der Waals surface area contributed by atoms with Gasteiger partial charge in [0.05, 0.1) is 26.9 Å². The molecule has 10 heteroatoms. The normalized spacial score (nSPS) is 12.6. The first-order valence-corrected chi connectivity index (χ1v) is 11.9. The molecule has 0 fully saturated rings. The fourth-order valence-corrected chi connectivity index (χ4v) is 5.09. The van der Waals surface area contributed by atoms with Crippen molar-refractivity contribution in [3.63, 3.8) is 0 Å². The number of aromatic amines is 1. The number of alkyl halides is 3. The van der Waals surface area contributed by atoms with Crippen LogP contribution in [0.1, 0.15) is 21.9 Å². The van der Waals surface area contributed by atoms with Crippen molar-refractivity contribution in [3.05, 3.63) is 99.2 Å². The summed E-state index contributed by atoms with van der Waals surface area (Å²) < 4.78 is 45.8. The number of aromatic nitrogens is 2. The lowest BCUT2D eigenvalue weighted by atomic mass is 9.96. The molecule has 0 saturated carbocycles. The third kappa shape index (κ3) is 4.80. The SMILES string of the molecule is NC(=O)C(c1ccc2nc(-c3ccc(Oc4ccccc4C(F)(F)F)cc3)[nH]c2c1)c1ccc(Cl)s1. The van der Waals surface area contributed by atoms with Gasteiger partial charge in [0.25, 0.3) is 0 Å². The molecule has 0 saturated heterocycles. The number of carbonyl (C=O) groups is 1. The number of nitrogens with zero attached hydrogens (tertiary/aromatic N) is 1. The van der Waals surface area contributed by atoms with Crippen LogP contribution in [0.4, 0.5) is 13.2 Å². The smallest absolute Gasteiger partial charge is 0.419 e. The van der Waals surface area contributed by atoms with Gasteiger partial charge in [0.15, 0.2) is 0 Å². The second-order valence-electron chi connectivity index (χ2n) is 7.96. The number of nitrogens with one attached hydrogen (secondary N) is 1. The Hall–Kier alpha value is -3.82. The van der Waals surface area contributed by atoms with Crippen LogP contribution in [0.15, 0.2) is 78.9 Å². The Labute approximate surface area is 212 Å². The van der Waals surface area contributed by atoms with Crippen LogP contribution in [0.3, 0.4) is 0 Å². The van der Waals surface area contributed by atoms with Crippen LogP contribution in [0, 0.1) is 0 Å². The average molecular weight is 528 g/mol. The third-order valence-corrected chi connectivity index (χ3v) is 6.85. The minimum atomic E-state index is -4.52. The van der Waals surface area contributed by atoms with Crippen molar-refractivity contribution in [2.45, 2.75) is 12.1 Å².